The van der Waals surface area contributed by atoms with Crippen LogP contribution in [-0.4, -0.2) is 41.5 Å². The summed E-state index contributed by atoms with van der Waals surface area (Å²) in [6, 6.07) is 8.34. The van der Waals surface area contributed by atoms with Gasteiger partial charge in [0, 0.05) is 30.7 Å². The molecule has 4 heteroatoms. The molecule has 4 nitrogen and oxygen atoms in total. The van der Waals surface area contributed by atoms with E-state index in [4.69, 9.17) is 0 Å². The highest BCUT2D eigenvalue weighted by atomic mass is 16.2. The van der Waals surface area contributed by atoms with E-state index in [2.05, 4.69) is 17.2 Å². The average Bonchev–Trinajstić information content (AvgIpc) is 3.01. The molecule has 0 aliphatic carbocycles. The largest absolute Gasteiger partial charge is 0.361 e. The monoisotopic (exact) mass is 285 g/mol. The molecule has 3 rings (SSSR count). The normalized spacial score (nSPS) is 18.8. The lowest BCUT2D eigenvalue weighted by Gasteiger charge is -2.30. The Balaban J connectivity index is 1.79. The molecule has 1 aliphatic rings. The third-order valence-electron chi connectivity index (χ3n) is 4.34. The lowest BCUT2D eigenvalue weighted by Crippen LogP contribution is -2.45. The molecule has 0 spiro atoms. The molecule has 1 aliphatic heterocycles. The highest BCUT2D eigenvalue weighted by molar-refractivity contribution is 6.05. The van der Waals surface area contributed by atoms with E-state index < -0.39 is 0 Å². The van der Waals surface area contributed by atoms with E-state index in [0.717, 1.165) is 42.5 Å². The fourth-order valence-corrected chi connectivity index (χ4v) is 3.13. The molecule has 21 heavy (non-hydrogen) atoms. The van der Waals surface area contributed by atoms with Crippen molar-refractivity contribution >= 4 is 16.8 Å². The van der Waals surface area contributed by atoms with Crippen molar-refractivity contribution in [3.63, 3.8) is 0 Å². The maximum Gasteiger partial charge on any atom is 0.256 e. The second-order valence-electron chi connectivity index (χ2n) is 5.74. The maximum absolute atomic E-state index is 12.8. The summed E-state index contributed by atoms with van der Waals surface area (Å²) < 4.78 is 0. The highest BCUT2D eigenvalue weighted by Gasteiger charge is 2.21. The molecular formula is C17H23N3O. The van der Waals surface area contributed by atoms with Gasteiger partial charge in [0.2, 0.25) is 0 Å². The van der Waals surface area contributed by atoms with Gasteiger partial charge in [-0.3, -0.25) is 4.79 Å². The van der Waals surface area contributed by atoms with Crippen molar-refractivity contribution in [1.29, 1.82) is 0 Å². The quantitative estimate of drug-likeness (QED) is 0.907. The van der Waals surface area contributed by atoms with Crippen molar-refractivity contribution in [1.82, 2.24) is 15.2 Å². The average molecular weight is 285 g/mol. The lowest BCUT2D eigenvalue weighted by molar-refractivity contribution is 0.0743. The van der Waals surface area contributed by atoms with Crippen LogP contribution in [0, 0.1) is 0 Å². The molecule has 112 valence electrons. The molecule has 1 aromatic carbocycles. The number of benzene rings is 1. The van der Waals surface area contributed by atoms with Crippen molar-refractivity contribution in [3.05, 3.63) is 36.0 Å². The smallest absolute Gasteiger partial charge is 0.256 e. The second kappa shape index (κ2) is 6.31. The Morgan fingerprint density at radius 1 is 1.33 bits per heavy atom. The first-order chi connectivity index (χ1) is 10.3. The number of aromatic nitrogens is 1. The summed E-state index contributed by atoms with van der Waals surface area (Å²) >= 11 is 0. The van der Waals surface area contributed by atoms with Gasteiger partial charge < -0.3 is 15.2 Å². The van der Waals surface area contributed by atoms with Gasteiger partial charge in [-0.15, -0.1) is 0 Å². The van der Waals surface area contributed by atoms with Crippen LogP contribution in [0.3, 0.4) is 0 Å². The Morgan fingerprint density at radius 2 is 2.24 bits per heavy atom. The fourth-order valence-electron chi connectivity index (χ4n) is 3.13. The molecular weight excluding hydrogens is 262 g/mol. The molecule has 1 unspecified atom stereocenters. The summed E-state index contributed by atoms with van der Waals surface area (Å²) in [4.78, 5) is 18.0. The van der Waals surface area contributed by atoms with Gasteiger partial charge in [-0.25, -0.2) is 0 Å². The molecule has 2 aromatic rings. The fraction of sp³-hybridized carbons (Fsp3) is 0.471. The van der Waals surface area contributed by atoms with Gasteiger partial charge in [-0.05, 0) is 38.4 Å². The van der Waals surface area contributed by atoms with Crippen molar-refractivity contribution < 1.29 is 4.79 Å². The van der Waals surface area contributed by atoms with Crippen molar-refractivity contribution in [2.45, 2.75) is 32.2 Å². The van der Waals surface area contributed by atoms with Crippen molar-refractivity contribution in [2.24, 2.45) is 0 Å². The van der Waals surface area contributed by atoms with E-state index >= 15 is 0 Å². The number of hydrogen-bond donors (Lipinski definition) is 2. The number of hydrogen-bond acceptors (Lipinski definition) is 2. The number of nitrogens with one attached hydrogen (secondary N) is 2. The molecule has 2 heterocycles. The number of piperidine rings is 1. The van der Waals surface area contributed by atoms with Crippen LogP contribution >= 0.6 is 0 Å². The van der Waals surface area contributed by atoms with Crippen molar-refractivity contribution in [2.75, 3.05) is 19.6 Å². The lowest BCUT2D eigenvalue weighted by atomic mass is 10.0. The molecule has 1 aromatic heterocycles. The van der Waals surface area contributed by atoms with Gasteiger partial charge in [-0.2, -0.15) is 0 Å². The predicted octanol–water partition coefficient (Wildman–Crippen LogP) is 2.77. The minimum absolute atomic E-state index is 0.123. The summed E-state index contributed by atoms with van der Waals surface area (Å²) in [5, 5.41) is 4.61. The molecule has 1 amide bonds. The van der Waals surface area contributed by atoms with E-state index in [0.29, 0.717) is 6.04 Å². The summed E-state index contributed by atoms with van der Waals surface area (Å²) in [5.74, 6) is 0.123. The number of para-hydroxylation sites is 1. The van der Waals surface area contributed by atoms with Crippen LogP contribution in [0.4, 0.5) is 0 Å². The summed E-state index contributed by atoms with van der Waals surface area (Å²) in [6.45, 7) is 4.67. The highest BCUT2D eigenvalue weighted by Crippen LogP contribution is 2.19. The summed E-state index contributed by atoms with van der Waals surface area (Å²) in [5.41, 5.74) is 1.72. The van der Waals surface area contributed by atoms with Crippen LogP contribution in [0.25, 0.3) is 10.9 Å². The Morgan fingerprint density at radius 3 is 3.00 bits per heavy atom. The molecule has 1 saturated heterocycles. The van der Waals surface area contributed by atoms with Crippen LogP contribution in [-0.2, 0) is 0 Å². The topological polar surface area (TPSA) is 48.1 Å². The third-order valence-corrected chi connectivity index (χ3v) is 4.34. The molecule has 0 bridgehead atoms. The first-order valence-electron chi connectivity index (χ1n) is 7.88. The Kier molecular flexibility index (Phi) is 4.25. The number of aromatic amines is 1. The van der Waals surface area contributed by atoms with Gasteiger partial charge in [0.25, 0.3) is 5.91 Å². The molecule has 0 saturated carbocycles. The number of amides is 1. The first kappa shape index (κ1) is 14.1. The van der Waals surface area contributed by atoms with Crippen LogP contribution in [0.5, 0.6) is 0 Å². The van der Waals surface area contributed by atoms with Gasteiger partial charge >= 0.3 is 0 Å². The Labute approximate surface area is 125 Å². The molecule has 0 radical (unpaired) electrons. The van der Waals surface area contributed by atoms with Crippen LogP contribution in [0.15, 0.2) is 30.5 Å². The standard InChI is InChI=1S/C17H23N3O/c1-2-20(12-14-7-3-4-10-18-14)17(21)15-8-5-6-13-9-11-19-16(13)15/h5-6,8-9,11,14,18-19H,2-4,7,10,12H2,1H3. The zero-order valence-electron chi connectivity index (χ0n) is 12.6. The third kappa shape index (κ3) is 2.95. The number of H-pyrrole nitrogens is 1. The molecule has 2 N–H and O–H groups in total. The summed E-state index contributed by atoms with van der Waals surface area (Å²) in [6.07, 6.45) is 5.56. The zero-order valence-corrected chi connectivity index (χ0v) is 12.6. The maximum atomic E-state index is 12.8. The minimum atomic E-state index is 0.123. The van der Waals surface area contributed by atoms with Crippen LogP contribution in [0.2, 0.25) is 0 Å². The van der Waals surface area contributed by atoms with Crippen molar-refractivity contribution in [3.8, 4) is 0 Å². The van der Waals surface area contributed by atoms with Crippen LogP contribution < -0.4 is 5.32 Å². The number of carbonyl (C=O) groups excluding carboxylic acids is 1. The van der Waals surface area contributed by atoms with Gasteiger partial charge in [0.05, 0.1) is 11.1 Å². The SMILES string of the molecule is CCN(CC1CCCCN1)C(=O)c1cccc2cc[nH]c12. The van der Waals surface area contributed by atoms with E-state index in [1.165, 1.54) is 12.8 Å². The molecule has 1 fully saturated rings. The van der Waals surface area contributed by atoms with Gasteiger partial charge in [-0.1, -0.05) is 18.6 Å². The van der Waals surface area contributed by atoms with Gasteiger partial charge in [0.1, 0.15) is 0 Å². The van der Waals surface area contributed by atoms with E-state index in [1.54, 1.807) is 0 Å². The number of fused-ring (bicyclic) bond motifs is 1. The zero-order chi connectivity index (χ0) is 14.7. The number of rotatable bonds is 4. The summed E-state index contributed by atoms with van der Waals surface area (Å²) in [7, 11) is 0. The number of nitrogens with zero attached hydrogens (tertiary/aromatic N) is 1. The minimum Gasteiger partial charge on any atom is -0.361 e. The van der Waals surface area contributed by atoms with E-state index in [9.17, 15) is 4.79 Å². The number of carbonyl (C=O) groups is 1. The number of likely N-dealkylation sites (N-methyl/N-ethyl adjacent to an activating group) is 1. The van der Waals surface area contributed by atoms with Gasteiger partial charge in [0.15, 0.2) is 0 Å². The molecule has 1 atom stereocenters. The Bertz CT molecular complexity index is 613. The Hall–Kier alpha value is -1.81. The first-order valence-corrected chi connectivity index (χ1v) is 7.88. The van der Waals surface area contributed by atoms with Crippen LogP contribution in [0.1, 0.15) is 36.5 Å². The predicted molar refractivity (Wildman–Crippen MR) is 85.5 cm³/mol. The van der Waals surface area contributed by atoms with E-state index in [1.807, 2.05) is 35.4 Å². The second-order valence-corrected chi connectivity index (χ2v) is 5.74. The van der Waals surface area contributed by atoms with E-state index in [-0.39, 0.29) is 5.91 Å².